The van der Waals surface area contributed by atoms with Gasteiger partial charge in [0.25, 0.3) is 0 Å². The molecule has 2 fully saturated rings. The van der Waals surface area contributed by atoms with Crippen molar-refractivity contribution in [3.05, 3.63) is 34.9 Å². The van der Waals surface area contributed by atoms with Gasteiger partial charge in [-0.25, -0.2) is 9.48 Å². The molecular formula is C17H22N4O3. The molecule has 2 aromatic rings. The molecule has 3 heterocycles. The minimum absolute atomic E-state index is 0.170. The van der Waals surface area contributed by atoms with Crippen LogP contribution in [0.25, 0.3) is 5.65 Å². The molecular weight excluding hydrogens is 308 g/mol. The van der Waals surface area contributed by atoms with Crippen molar-refractivity contribution >= 4 is 11.6 Å². The van der Waals surface area contributed by atoms with Gasteiger partial charge >= 0.3 is 11.7 Å². The molecule has 0 unspecified atom stereocenters. The molecule has 2 aliphatic rings. The standard InChI is InChI=1S/C17H22N4O3/c22-16(23)14-11-12-5-1-2-6-13(12)19(14)9-10-21-17(24)20-8-4-3-7-15(20)18-21/h3-4,7-8,12-14H,1-2,5-6,9-11H2,(H,22,23)/t12-,13-,14-/m0/s1. The zero-order chi connectivity index (χ0) is 16.7. The van der Waals surface area contributed by atoms with E-state index in [0.717, 1.165) is 25.7 Å². The molecule has 1 saturated carbocycles. The van der Waals surface area contributed by atoms with E-state index in [1.165, 1.54) is 15.5 Å². The van der Waals surface area contributed by atoms with Crippen LogP contribution < -0.4 is 5.69 Å². The third-order valence-corrected chi connectivity index (χ3v) is 5.56. The van der Waals surface area contributed by atoms with Gasteiger partial charge in [-0.15, -0.1) is 5.10 Å². The maximum absolute atomic E-state index is 12.4. The van der Waals surface area contributed by atoms with E-state index in [-0.39, 0.29) is 5.69 Å². The molecule has 7 nitrogen and oxygen atoms in total. The van der Waals surface area contributed by atoms with Crippen molar-refractivity contribution in [3.63, 3.8) is 0 Å². The first-order chi connectivity index (χ1) is 11.6. The molecule has 24 heavy (non-hydrogen) atoms. The van der Waals surface area contributed by atoms with Gasteiger partial charge in [0, 0.05) is 18.8 Å². The van der Waals surface area contributed by atoms with Crippen LogP contribution in [0.2, 0.25) is 0 Å². The van der Waals surface area contributed by atoms with Crippen molar-refractivity contribution in [2.45, 2.75) is 50.7 Å². The van der Waals surface area contributed by atoms with Gasteiger partial charge in [-0.05, 0) is 37.3 Å². The van der Waals surface area contributed by atoms with Crippen molar-refractivity contribution in [1.82, 2.24) is 19.1 Å². The minimum atomic E-state index is -0.744. The third-order valence-electron chi connectivity index (χ3n) is 5.56. The Kier molecular flexibility index (Phi) is 3.88. The van der Waals surface area contributed by atoms with Gasteiger partial charge in [0.15, 0.2) is 5.65 Å². The quantitative estimate of drug-likeness (QED) is 0.911. The lowest BCUT2D eigenvalue weighted by atomic mass is 9.85. The highest BCUT2D eigenvalue weighted by Gasteiger charge is 2.44. The van der Waals surface area contributed by atoms with E-state index in [1.807, 2.05) is 6.07 Å². The van der Waals surface area contributed by atoms with E-state index >= 15 is 0 Å². The largest absolute Gasteiger partial charge is 0.480 e. The first-order valence-electron chi connectivity index (χ1n) is 8.68. The van der Waals surface area contributed by atoms with Crippen LogP contribution in [0.4, 0.5) is 0 Å². The lowest BCUT2D eigenvalue weighted by Crippen LogP contribution is -2.44. The molecule has 0 radical (unpaired) electrons. The number of rotatable bonds is 4. The molecule has 0 bridgehead atoms. The predicted octanol–water partition coefficient (Wildman–Crippen LogP) is 1.21. The summed E-state index contributed by atoms with van der Waals surface area (Å²) in [6.07, 6.45) is 6.99. The average Bonchev–Trinajstić information content (AvgIpc) is 3.12. The molecule has 1 aliphatic heterocycles. The fraction of sp³-hybridized carbons (Fsp3) is 0.588. The van der Waals surface area contributed by atoms with Gasteiger partial charge in [-0.2, -0.15) is 0 Å². The lowest BCUT2D eigenvalue weighted by molar-refractivity contribution is -0.142. The number of likely N-dealkylation sites (tertiary alicyclic amines) is 1. The second kappa shape index (κ2) is 6.05. The number of aromatic nitrogens is 3. The molecule has 2 aromatic heterocycles. The van der Waals surface area contributed by atoms with Crippen molar-refractivity contribution in [1.29, 1.82) is 0 Å². The molecule has 1 saturated heterocycles. The SMILES string of the molecule is O=C(O)[C@@H]1C[C@@H]2CCCC[C@@H]2N1CCn1nc2ccccn2c1=O. The number of pyridine rings is 1. The van der Waals surface area contributed by atoms with Gasteiger partial charge in [0.2, 0.25) is 0 Å². The van der Waals surface area contributed by atoms with Gasteiger partial charge < -0.3 is 5.11 Å². The van der Waals surface area contributed by atoms with E-state index in [0.29, 0.717) is 30.7 Å². The lowest BCUT2D eigenvalue weighted by Gasteiger charge is -2.32. The highest BCUT2D eigenvalue weighted by Crippen LogP contribution is 2.39. The van der Waals surface area contributed by atoms with Gasteiger partial charge in [-0.1, -0.05) is 18.9 Å². The second-order valence-corrected chi connectivity index (χ2v) is 6.87. The third kappa shape index (κ3) is 2.53. The summed E-state index contributed by atoms with van der Waals surface area (Å²) >= 11 is 0. The zero-order valence-electron chi connectivity index (χ0n) is 13.5. The Bertz CT molecular complexity index is 812. The maximum Gasteiger partial charge on any atom is 0.350 e. The van der Waals surface area contributed by atoms with E-state index in [4.69, 9.17) is 0 Å². The number of aliphatic carboxylic acids is 1. The molecule has 7 heteroatoms. The summed E-state index contributed by atoms with van der Waals surface area (Å²) < 4.78 is 2.96. The van der Waals surface area contributed by atoms with Crippen LogP contribution in [0.15, 0.2) is 29.2 Å². The second-order valence-electron chi connectivity index (χ2n) is 6.87. The van der Waals surface area contributed by atoms with Crippen LogP contribution >= 0.6 is 0 Å². The number of fused-ring (bicyclic) bond motifs is 2. The van der Waals surface area contributed by atoms with Gasteiger partial charge in [-0.3, -0.25) is 14.1 Å². The van der Waals surface area contributed by atoms with Crippen molar-refractivity contribution in [3.8, 4) is 0 Å². The maximum atomic E-state index is 12.4. The molecule has 0 amide bonds. The van der Waals surface area contributed by atoms with Crippen molar-refractivity contribution < 1.29 is 9.90 Å². The van der Waals surface area contributed by atoms with E-state index in [1.54, 1.807) is 18.3 Å². The Balaban J connectivity index is 1.55. The Morgan fingerprint density at radius 1 is 1.25 bits per heavy atom. The van der Waals surface area contributed by atoms with E-state index in [9.17, 15) is 14.7 Å². The van der Waals surface area contributed by atoms with Crippen LogP contribution in [0, 0.1) is 5.92 Å². The summed E-state index contributed by atoms with van der Waals surface area (Å²) in [5.74, 6) is -0.260. The highest BCUT2D eigenvalue weighted by atomic mass is 16.4. The fourth-order valence-corrected chi connectivity index (χ4v) is 4.44. The topological polar surface area (TPSA) is 79.8 Å². The van der Waals surface area contributed by atoms with Crippen molar-refractivity contribution in [2.75, 3.05) is 6.54 Å². The molecule has 128 valence electrons. The van der Waals surface area contributed by atoms with Gasteiger partial charge in [0.1, 0.15) is 6.04 Å². The number of carboxylic acid groups (broad SMARTS) is 1. The summed E-state index contributed by atoms with van der Waals surface area (Å²) in [7, 11) is 0. The first-order valence-corrected chi connectivity index (χ1v) is 8.68. The number of hydrogen-bond donors (Lipinski definition) is 1. The molecule has 4 rings (SSSR count). The average molecular weight is 330 g/mol. The van der Waals surface area contributed by atoms with Crippen LogP contribution in [-0.2, 0) is 11.3 Å². The predicted molar refractivity (Wildman–Crippen MR) is 87.9 cm³/mol. The number of hydrogen-bond acceptors (Lipinski definition) is 4. The summed E-state index contributed by atoms with van der Waals surface area (Å²) in [4.78, 5) is 26.1. The Hall–Kier alpha value is -2.15. The van der Waals surface area contributed by atoms with Crippen LogP contribution in [0.1, 0.15) is 32.1 Å². The Morgan fingerprint density at radius 3 is 2.88 bits per heavy atom. The monoisotopic (exact) mass is 330 g/mol. The number of carboxylic acids is 1. The van der Waals surface area contributed by atoms with E-state index in [2.05, 4.69) is 10.00 Å². The molecule has 3 atom stereocenters. The summed E-state index contributed by atoms with van der Waals surface area (Å²) in [5.41, 5.74) is 0.450. The number of carbonyl (C=O) groups is 1. The molecule has 0 aromatic carbocycles. The number of nitrogens with zero attached hydrogens (tertiary/aromatic N) is 4. The molecule has 0 spiro atoms. The first kappa shape index (κ1) is 15.4. The van der Waals surface area contributed by atoms with Gasteiger partial charge in [0.05, 0.1) is 6.54 Å². The van der Waals surface area contributed by atoms with Crippen LogP contribution in [-0.4, -0.2) is 48.8 Å². The summed E-state index contributed by atoms with van der Waals surface area (Å²) in [6, 6.07) is 5.36. The summed E-state index contributed by atoms with van der Waals surface area (Å²) in [6.45, 7) is 0.982. The minimum Gasteiger partial charge on any atom is -0.480 e. The fourth-order valence-electron chi connectivity index (χ4n) is 4.44. The smallest absolute Gasteiger partial charge is 0.350 e. The highest BCUT2D eigenvalue weighted by molar-refractivity contribution is 5.74. The van der Waals surface area contributed by atoms with Crippen molar-refractivity contribution in [2.24, 2.45) is 5.92 Å². The van der Waals surface area contributed by atoms with Crippen LogP contribution in [0.5, 0.6) is 0 Å². The zero-order valence-corrected chi connectivity index (χ0v) is 13.5. The Morgan fingerprint density at radius 2 is 2.08 bits per heavy atom. The normalized spacial score (nSPS) is 27.4. The van der Waals surface area contributed by atoms with E-state index < -0.39 is 12.0 Å². The summed E-state index contributed by atoms with van der Waals surface area (Å²) in [5, 5.41) is 13.9. The van der Waals surface area contributed by atoms with Crippen LogP contribution in [0.3, 0.4) is 0 Å². The Labute approximate surface area is 139 Å². The molecule has 1 N–H and O–H groups in total. The molecule has 1 aliphatic carbocycles.